The number of aryl methyl sites for hydroxylation is 1. The van der Waals surface area contributed by atoms with Crippen molar-refractivity contribution in [1.82, 2.24) is 14.8 Å². The predicted molar refractivity (Wildman–Crippen MR) is 72.2 cm³/mol. The third kappa shape index (κ3) is 2.76. The van der Waals surface area contributed by atoms with Crippen molar-refractivity contribution in [2.45, 2.75) is 12.1 Å². The van der Waals surface area contributed by atoms with Crippen LogP contribution in [0.15, 0.2) is 23.4 Å². The van der Waals surface area contributed by atoms with E-state index >= 15 is 0 Å². The lowest BCUT2D eigenvalue weighted by molar-refractivity contribution is 0.813. The van der Waals surface area contributed by atoms with Crippen LogP contribution >= 0.6 is 35.0 Å². The number of aromatic nitrogens is 3. The normalized spacial score (nSPS) is 10.8. The van der Waals surface area contributed by atoms with E-state index < -0.39 is 0 Å². The van der Waals surface area contributed by atoms with Crippen molar-refractivity contribution in [2.24, 2.45) is 0 Å². The van der Waals surface area contributed by atoms with Gasteiger partial charge in [0.1, 0.15) is 5.82 Å². The third-order valence-corrected chi connectivity index (χ3v) is 3.50. The zero-order valence-electron chi connectivity index (χ0n) is 9.15. The van der Waals surface area contributed by atoms with E-state index in [-0.39, 0.29) is 0 Å². The lowest BCUT2D eigenvalue weighted by atomic mass is 10.3. The van der Waals surface area contributed by atoms with E-state index in [4.69, 9.17) is 23.2 Å². The lowest BCUT2D eigenvalue weighted by Crippen LogP contribution is -1.99. The summed E-state index contributed by atoms with van der Waals surface area (Å²) in [7, 11) is 0. The second-order valence-electron chi connectivity index (χ2n) is 3.30. The average molecular weight is 287 g/mol. The van der Waals surface area contributed by atoms with E-state index in [1.807, 2.05) is 13.0 Å². The predicted octanol–water partition coefficient (Wildman–Crippen LogP) is 3.81. The Kier molecular flexibility index (Phi) is 3.97. The topological polar surface area (TPSA) is 30.7 Å². The Hall–Kier alpha value is -0.710. The molecule has 1 heterocycles. The molecule has 0 aliphatic carbocycles. The Morgan fingerprint density at radius 2 is 2.12 bits per heavy atom. The van der Waals surface area contributed by atoms with Crippen LogP contribution in [0.2, 0.25) is 10.0 Å². The molecule has 1 aromatic carbocycles. The molecule has 0 spiro atoms. The minimum atomic E-state index is 0.505. The van der Waals surface area contributed by atoms with Gasteiger partial charge in [-0.05, 0) is 32.0 Å². The summed E-state index contributed by atoms with van der Waals surface area (Å²) in [5.74, 6) is 1.50. The Bertz CT molecular complexity index is 540. The van der Waals surface area contributed by atoms with Crippen LogP contribution in [0.4, 0.5) is 0 Å². The molecule has 1 radical (unpaired) electrons. The molecular weight excluding hydrogens is 277 g/mol. The van der Waals surface area contributed by atoms with Gasteiger partial charge >= 0.3 is 0 Å². The highest BCUT2D eigenvalue weighted by Gasteiger charge is 2.09. The summed E-state index contributed by atoms with van der Waals surface area (Å²) in [6, 6.07) is 5.37. The van der Waals surface area contributed by atoms with Crippen molar-refractivity contribution in [3.63, 3.8) is 0 Å². The third-order valence-electron chi connectivity index (χ3n) is 2.13. The Balaban J connectivity index is 2.41. The summed E-state index contributed by atoms with van der Waals surface area (Å²) >= 11 is 13.3. The van der Waals surface area contributed by atoms with Gasteiger partial charge in [0, 0.05) is 5.75 Å². The molecule has 0 aliphatic rings. The fourth-order valence-corrected chi connectivity index (χ4v) is 2.19. The first kappa shape index (κ1) is 12.7. The van der Waals surface area contributed by atoms with Gasteiger partial charge in [-0.2, -0.15) is 0 Å². The lowest BCUT2D eigenvalue weighted by Gasteiger charge is -2.03. The summed E-state index contributed by atoms with van der Waals surface area (Å²) in [4.78, 5) is 4.33. The molecule has 1 aromatic heterocycles. The first-order valence-corrected chi connectivity index (χ1v) is 6.67. The van der Waals surface area contributed by atoms with Gasteiger partial charge in [-0.25, -0.2) is 9.67 Å². The molecule has 0 unspecified atom stereocenters. The van der Waals surface area contributed by atoms with E-state index in [1.54, 1.807) is 16.8 Å². The highest BCUT2D eigenvalue weighted by molar-refractivity contribution is 7.99. The molecule has 0 amide bonds. The molecule has 0 N–H and O–H groups in total. The van der Waals surface area contributed by atoms with Crippen molar-refractivity contribution in [2.75, 3.05) is 5.75 Å². The van der Waals surface area contributed by atoms with Crippen LogP contribution in [0, 0.1) is 13.8 Å². The van der Waals surface area contributed by atoms with E-state index in [2.05, 4.69) is 17.0 Å². The van der Waals surface area contributed by atoms with Crippen LogP contribution < -0.4 is 0 Å². The van der Waals surface area contributed by atoms with Crippen LogP contribution in [0.5, 0.6) is 0 Å². The fraction of sp³-hybridized carbons (Fsp3) is 0.182. The molecule has 0 saturated carbocycles. The van der Waals surface area contributed by atoms with Crippen molar-refractivity contribution < 1.29 is 0 Å². The molecule has 2 aromatic rings. The molecule has 17 heavy (non-hydrogen) atoms. The Morgan fingerprint density at radius 1 is 1.35 bits per heavy atom. The number of hydrogen-bond donors (Lipinski definition) is 0. The molecule has 0 aliphatic heterocycles. The quantitative estimate of drug-likeness (QED) is 0.804. The molecule has 89 valence electrons. The SMILES string of the molecule is [CH2]CSc1nc(C)n(-c2ccc(Cl)c(Cl)c2)n1. The van der Waals surface area contributed by atoms with Gasteiger partial charge in [0.05, 0.1) is 15.7 Å². The van der Waals surface area contributed by atoms with Crippen LogP contribution in [0.1, 0.15) is 5.82 Å². The van der Waals surface area contributed by atoms with Crippen molar-refractivity contribution in [1.29, 1.82) is 0 Å². The summed E-state index contributed by atoms with van der Waals surface area (Å²) < 4.78 is 1.74. The van der Waals surface area contributed by atoms with E-state index in [1.165, 1.54) is 11.8 Å². The summed E-state index contributed by atoms with van der Waals surface area (Å²) in [5, 5.41) is 6.11. The van der Waals surface area contributed by atoms with Crippen LogP contribution in [0.25, 0.3) is 5.69 Å². The molecule has 2 rings (SSSR count). The Morgan fingerprint density at radius 3 is 2.76 bits per heavy atom. The molecule has 0 atom stereocenters. The van der Waals surface area contributed by atoms with E-state index in [0.717, 1.165) is 11.5 Å². The second-order valence-corrected chi connectivity index (χ2v) is 5.18. The second kappa shape index (κ2) is 5.29. The molecule has 6 heteroatoms. The smallest absolute Gasteiger partial charge is 0.209 e. The van der Waals surface area contributed by atoms with Crippen LogP contribution in [-0.2, 0) is 0 Å². The zero-order valence-corrected chi connectivity index (χ0v) is 11.5. The van der Waals surface area contributed by atoms with Crippen molar-refractivity contribution in [3.8, 4) is 5.69 Å². The maximum atomic E-state index is 5.98. The molecular formula is C11H10Cl2N3S. The van der Waals surface area contributed by atoms with Gasteiger partial charge in [-0.15, -0.1) is 5.10 Å². The first-order valence-electron chi connectivity index (χ1n) is 4.93. The number of thioether (sulfide) groups is 1. The van der Waals surface area contributed by atoms with Crippen LogP contribution in [-0.4, -0.2) is 20.5 Å². The summed E-state index contributed by atoms with van der Waals surface area (Å²) in [6.45, 7) is 5.65. The van der Waals surface area contributed by atoms with Gasteiger partial charge < -0.3 is 0 Å². The van der Waals surface area contributed by atoms with Gasteiger partial charge in [0.15, 0.2) is 0 Å². The van der Waals surface area contributed by atoms with Crippen molar-refractivity contribution in [3.05, 3.63) is 41.0 Å². The monoisotopic (exact) mass is 286 g/mol. The first-order chi connectivity index (χ1) is 8.11. The van der Waals surface area contributed by atoms with Gasteiger partial charge in [-0.3, -0.25) is 0 Å². The number of rotatable bonds is 3. The maximum Gasteiger partial charge on any atom is 0.209 e. The average Bonchev–Trinajstić information content (AvgIpc) is 2.64. The fourth-order valence-electron chi connectivity index (χ4n) is 1.38. The van der Waals surface area contributed by atoms with Gasteiger partial charge in [-0.1, -0.05) is 35.0 Å². The van der Waals surface area contributed by atoms with E-state index in [0.29, 0.717) is 21.0 Å². The number of halogens is 2. The van der Waals surface area contributed by atoms with Gasteiger partial charge in [0.2, 0.25) is 5.16 Å². The summed E-state index contributed by atoms with van der Waals surface area (Å²) in [5.41, 5.74) is 0.848. The molecule has 3 nitrogen and oxygen atoms in total. The number of nitrogens with zero attached hydrogens (tertiary/aromatic N) is 3. The molecule has 0 bridgehead atoms. The van der Waals surface area contributed by atoms with Gasteiger partial charge in [0.25, 0.3) is 0 Å². The standard InChI is InChI=1S/C11H10Cl2N3S/c1-3-17-11-14-7(2)16(15-11)8-4-5-9(12)10(13)6-8/h4-6H,1,3H2,2H3. The van der Waals surface area contributed by atoms with E-state index in [9.17, 15) is 0 Å². The Labute approximate surface area is 114 Å². The highest BCUT2D eigenvalue weighted by Crippen LogP contribution is 2.25. The minimum absolute atomic E-state index is 0.505. The largest absolute Gasteiger partial charge is 0.217 e. The zero-order chi connectivity index (χ0) is 12.4. The summed E-state index contributed by atoms with van der Waals surface area (Å²) in [6.07, 6.45) is 0. The number of hydrogen-bond acceptors (Lipinski definition) is 3. The highest BCUT2D eigenvalue weighted by atomic mass is 35.5. The molecule has 0 fully saturated rings. The van der Waals surface area contributed by atoms with Crippen molar-refractivity contribution >= 4 is 35.0 Å². The molecule has 0 saturated heterocycles. The van der Waals surface area contributed by atoms with Crippen LogP contribution in [0.3, 0.4) is 0 Å². The maximum absolute atomic E-state index is 5.98. The number of benzene rings is 1. The minimum Gasteiger partial charge on any atom is -0.217 e.